The Morgan fingerprint density at radius 1 is 1.33 bits per heavy atom. The first kappa shape index (κ1) is 14.5. The third-order valence-corrected chi connectivity index (χ3v) is 2.57. The normalized spacial score (nSPS) is 13.2. The van der Waals surface area contributed by atoms with E-state index >= 15 is 0 Å². The number of benzene rings is 1. The summed E-state index contributed by atoms with van der Waals surface area (Å²) in [6.07, 6.45) is 0.986. The third kappa shape index (κ3) is 5.68. The minimum atomic E-state index is 0.248. The molecule has 100 valence electrons. The van der Waals surface area contributed by atoms with Crippen LogP contribution in [-0.2, 0) is 11.2 Å². The molecule has 0 heterocycles. The second-order valence-electron chi connectivity index (χ2n) is 4.24. The molecule has 0 aliphatic carbocycles. The molecule has 1 unspecified atom stereocenters. The molecule has 0 spiro atoms. The molecule has 1 rings (SSSR count). The Morgan fingerprint density at radius 3 is 2.67 bits per heavy atom. The number of nitrogens with zero attached hydrogens (tertiary/aromatic N) is 1. The average Bonchev–Trinajstić information content (AvgIpc) is 2.39. The largest absolute Gasteiger partial charge is 0.383 e. The second-order valence-corrected chi connectivity index (χ2v) is 4.24. The van der Waals surface area contributed by atoms with Crippen LogP contribution in [0.5, 0.6) is 0 Å². The van der Waals surface area contributed by atoms with Gasteiger partial charge < -0.3 is 15.4 Å². The molecule has 0 aliphatic heterocycles. The van der Waals surface area contributed by atoms with Gasteiger partial charge in [0, 0.05) is 26.7 Å². The Kier molecular flexibility index (Phi) is 6.87. The van der Waals surface area contributed by atoms with Crippen molar-refractivity contribution >= 4 is 5.96 Å². The van der Waals surface area contributed by atoms with E-state index in [-0.39, 0.29) is 6.04 Å². The van der Waals surface area contributed by atoms with Gasteiger partial charge in [0.2, 0.25) is 0 Å². The van der Waals surface area contributed by atoms with Crippen LogP contribution in [0, 0.1) is 0 Å². The van der Waals surface area contributed by atoms with E-state index in [0.29, 0.717) is 6.61 Å². The van der Waals surface area contributed by atoms with Gasteiger partial charge in [0.15, 0.2) is 5.96 Å². The lowest BCUT2D eigenvalue weighted by Crippen LogP contribution is -2.44. The van der Waals surface area contributed by atoms with Crippen molar-refractivity contribution in [3.8, 4) is 0 Å². The molecule has 0 radical (unpaired) electrons. The van der Waals surface area contributed by atoms with E-state index in [1.165, 1.54) is 5.56 Å². The first-order valence-electron chi connectivity index (χ1n) is 6.26. The highest BCUT2D eigenvalue weighted by Crippen LogP contribution is 1.98. The lowest BCUT2D eigenvalue weighted by Gasteiger charge is -2.17. The highest BCUT2D eigenvalue weighted by Gasteiger charge is 2.03. The van der Waals surface area contributed by atoms with Crippen molar-refractivity contribution in [1.82, 2.24) is 10.6 Å². The molecule has 0 aliphatic rings. The van der Waals surface area contributed by atoms with Gasteiger partial charge in [-0.1, -0.05) is 30.3 Å². The van der Waals surface area contributed by atoms with E-state index in [1.54, 1.807) is 14.2 Å². The van der Waals surface area contributed by atoms with Gasteiger partial charge in [-0.25, -0.2) is 0 Å². The van der Waals surface area contributed by atoms with Crippen molar-refractivity contribution < 1.29 is 4.74 Å². The van der Waals surface area contributed by atoms with Crippen LogP contribution in [0.3, 0.4) is 0 Å². The number of rotatable bonds is 6. The van der Waals surface area contributed by atoms with E-state index in [1.807, 2.05) is 6.07 Å². The van der Waals surface area contributed by atoms with Crippen LogP contribution in [0.1, 0.15) is 12.5 Å². The van der Waals surface area contributed by atoms with Gasteiger partial charge in [-0.15, -0.1) is 0 Å². The third-order valence-electron chi connectivity index (χ3n) is 2.57. The smallest absolute Gasteiger partial charge is 0.191 e. The maximum absolute atomic E-state index is 5.08. The summed E-state index contributed by atoms with van der Waals surface area (Å²) >= 11 is 0. The molecule has 1 atom stereocenters. The number of nitrogens with one attached hydrogen (secondary N) is 2. The second kappa shape index (κ2) is 8.53. The van der Waals surface area contributed by atoms with Gasteiger partial charge in [-0.3, -0.25) is 4.99 Å². The molecular formula is C14H23N3O. The van der Waals surface area contributed by atoms with Crippen molar-refractivity contribution in [3.05, 3.63) is 35.9 Å². The Labute approximate surface area is 109 Å². The standard InChI is InChI=1S/C14H23N3O/c1-12(11-18-3)17-14(15-2)16-10-9-13-7-5-4-6-8-13/h4-8,12H,9-11H2,1-3H3,(H2,15,16,17). The Balaban J connectivity index is 2.28. The molecular weight excluding hydrogens is 226 g/mol. The Hall–Kier alpha value is -1.55. The zero-order valence-corrected chi connectivity index (χ0v) is 11.4. The highest BCUT2D eigenvalue weighted by atomic mass is 16.5. The molecule has 4 heteroatoms. The van der Waals surface area contributed by atoms with Gasteiger partial charge in [0.1, 0.15) is 0 Å². The van der Waals surface area contributed by atoms with Crippen LogP contribution in [0.15, 0.2) is 35.3 Å². The summed E-state index contributed by atoms with van der Waals surface area (Å²) in [6.45, 7) is 3.59. The Bertz CT molecular complexity index is 351. The molecule has 0 bridgehead atoms. The van der Waals surface area contributed by atoms with Crippen LogP contribution < -0.4 is 10.6 Å². The molecule has 0 fully saturated rings. The van der Waals surface area contributed by atoms with Crippen molar-refractivity contribution in [1.29, 1.82) is 0 Å². The number of aliphatic imine (C=N–C) groups is 1. The summed E-state index contributed by atoms with van der Waals surface area (Å²) in [5, 5.41) is 6.56. The van der Waals surface area contributed by atoms with E-state index in [2.05, 4.69) is 46.8 Å². The fraction of sp³-hybridized carbons (Fsp3) is 0.500. The zero-order valence-electron chi connectivity index (χ0n) is 11.4. The van der Waals surface area contributed by atoms with Crippen molar-refractivity contribution in [2.75, 3.05) is 27.3 Å². The van der Waals surface area contributed by atoms with Gasteiger partial charge in [0.05, 0.1) is 6.61 Å². The Morgan fingerprint density at radius 2 is 2.06 bits per heavy atom. The van der Waals surface area contributed by atoms with E-state index in [9.17, 15) is 0 Å². The summed E-state index contributed by atoms with van der Waals surface area (Å²) in [5.41, 5.74) is 1.32. The minimum absolute atomic E-state index is 0.248. The maximum Gasteiger partial charge on any atom is 0.191 e. The summed E-state index contributed by atoms with van der Waals surface area (Å²) < 4.78 is 5.08. The molecule has 18 heavy (non-hydrogen) atoms. The SMILES string of the molecule is CN=C(NCCc1ccccc1)NC(C)COC. The van der Waals surface area contributed by atoms with E-state index in [0.717, 1.165) is 18.9 Å². The molecule has 0 saturated heterocycles. The monoisotopic (exact) mass is 249 g/mol. The van der Waals surface area contributed by atoms with Gasteiger partial charge in [0.25, 0.3) is 0 Å². The first-order chi connectivity index (χ1) is 8.76. The van der Waals surface area contributed by atoms with Crippen molar-refractivity contribution in [3.63, 3.8) is 0 Å². The number of hydrogen-bond donors (Lipinski definition) is 2. The summed E-state index contributed by atoms with van der Waals surface area (Å²) in [5.74, 6) is 0.815. The maximum atomic E-state index is 5.08. The molecule has 4 nitrogen and oxygen atoms in total. The summed E-state index contributed by atoms with van der Waals surface area (Å²) in [7, 11) is 3.47. The topological polar surface area (TPSA) is 45.7 Å². The highest BCUT2D eigenvalue weighted by molar-refractivity contribution is 5.79. The fourth-order valence-electron chi connectivity index (χ4n) is 1.69. The average molecular weight is 249 g/mol. The van der Waals surface area contributed by atoms with Crippen LogP contribution in [0.2, 0.25) is 0 Å². The number of hydrogen-bond acceptors (Lipinski definition) is 2. The van der Waals surface area contributed by atoms with Crippen LogP contribution in [-0.4, -0.2) is 39.3 Å². The predicted molar refractivity (Wildman–Crippen MR) is 76.0 cm³/mol. The molecule has 2 N–H and O–H groups in total. The van der Waals surface area contributed by atoms with Gasteiger partial charge in [-0.2, -0.15) is 0 Å². The van der Waals surface area contributed by atoms with E-state index < -0.39 is 0 Å². The van der Waals surface area contributed by atoms with Crippen LogP contribution in [0.4, 0.5) is 0 Å². The number of guanidine groups is 1. The zero-order chi connectivity index (χ0) is 13.2. The lowest BCUT2D eigenvalue weighted by atomic mass is 10.1. The minimum Gasteiger partial charge on any atom is -0.383 e. The van der Waals surface area contributed by atoms with Gasteiger partial charge >= 0.3 is 0 Å². The first-order valence-corrected chi connectivity index (χ1v) is 6.26. The van der Waals surface area contributed by atoms with E-state index in [4.69, 9.17) is 4.74 Å². The molecule has 0 amide bonds. The van der Waals surface area contributed by atoms with Crippen molar-refractivity contribution in [2.45, 2.75) is 19.4 Å². The molecule has 0 aromatic heterocycles. The fourth-order valence-corrected chi connectivity index (χ4v) is 1.69. The lowest BCUT2D eigenvalue weighted by molar-refractivity contribution is 0.179. The van der Waals surface area contributed by atoms with Gasteiger partial charge in [-0.05, 0) is 18.9 Å². The summed E-state index contributed by atoms with van der Waals surface area (Å²) in [4.78, 5) is 4.18. The van der Waals surface area contributed by atoms with Crippen LogP contribution >= 0.6 is 0 Å². The van der Waals surface area contributed by atoms with Crippen LogP contribution in [0.25, 0.3) is 0 Å². The quantitative estimate of drug-likeness (QED) is 0.592. The molecule has 1 aromatic rings. The number of ether oxygens (including phenoxy) is 1. The van der Waals surface area contributed by atoms with Crippen molar-refractivity contribution in [2.24, 2.45) is 4.99 Å². The molecule has 1 aromatic carbocycles. The summed E-state index contributed by atoms with van der Waals surface area (Å²) in [6, 6.07) is 10.7. The molecule has 0 saturated carbocycles. The predicted octanol–water partition coefficient (Wildman–Crippen LogP) is 1.43. The number of methoxy groups -OCH3 is 1.